The highest BCUT2D eigenvalue weighted by molar-refractivity contribution is 5.86. The van der Waals surface area contributed by atoms with E-state index in [0.29, 0.717) is 19.8 Å². The summed E-state index contributed by atoms with van der Waals surface area (Å²) >= 11 is 0. The molecule has 0 saturated heterocycles. The standard InChI is InChI=1S/C16H33N3O3/c1-11(2)13(14(18)21)19-12(20)7-15(3,4)9-22-10-16(5,6)8-17/h11,13H,7-10,17H2,1-6H3,(H2,18,21)(H,19,20). The second-order valence-electron chi connectivity index (χ2n) is 7.89. The van der Waals surface area contributed by atoms with Crippen molar-refractivity contribution in [3.8, 4) is 0 Å². The van der Waals surface area contributed by atoms with Gasteiger partial charge in [-0.2, -0.15) is 0 Å². The summed E-state index contributed by atoms with van der Waals surface area (Å²) in [5.41, 5.74) is 10.6. The van der Waals surface area contributed by atoms with Gasteiger partial charge in [-0.3, -0.25) is 9.59 Å². The lowest BCUT2D eigenvalue weighted by Gasteiger charge is -2.28. The molecule has 0 fully saturated rings. The minimum Gasteiger partial charge on any atom is -0.380 e. The van der Waals surface area contributed by atoms with Crippen LogP contribution in [0.1, 0.15) is 48.0 Å². The Hall–Kier alpha value is -1.14. The molecular weight excluding hydrogens is 282 g/mol. The van der Waals surface area contributed by atoms with Gasteiger partial charge in [0.15, 0.2) is 0 Å². The number of carbonyl (C=O) groups is 2. The number of rotatable bonds is 10. The van der Waals surface area contributed by atoms with Crippen molar-refractivity contribution in [1.29, 1.82) is 0 Å². The molecule has 1 atom stereocenters. The average molecular weight is 315 g/mol. The summed E-state index contributed by atoms with van der Waals surface area (Å²) in [6.45, 7) is 13.2. The van der Waals surface area contributed by atoms with Gasteiger partial charge >= 0.3 is 0 Å². The first kappa shape index (κ1) is 20.9. The predicted molar refractivity (Wildman–Crippen MR) is 88.0 cm³/mol. The fourth-order valence-electron chi connectivity index (χ4n) is 1.94. The van der Waals surface area contributed by atoms with Crippen molar-refractivity contribution in [2.75, 3.05) is 19.8 Å². The predicted octanol–water partition coefficient (Wildman–Crippen LogP) is 1.03. The Morgan fingerprint density at radius 2 is 1.59 bits per heavy atom. The van der Waals surface area contributed by atoms with Crippen molar-refractivity contribution in [2.24, 2.45) is 28.2 Å². The second-order valence-corrected chi connectivity index (χ2v) is 7.89. The SMILES string of the molecule is CC(C)C(NC(=O)CC(C)(C)COCC(C)(C)CN)C(N)=O. The molecule has 0 rings (SSSR count). The summed E-state index contributed by atoms with van der Waals surface area (Å²) in [5, 5.41) is 2.70. The maximum absolute atomic E-state index is 12.1. The largest absolute Gasteiger partial charge is 0.380 e. The zero-order valence-corrected chi connectivity index (χ0v) is 14.9. The van der Waals surface area contributed by atoms with Crippen LogP contribution in [0.4, 0.5) is 0 Å². The summed E-state index contributed by atoms with van der Waals surface area (Å²) in [4.78, 5) is 23.4. The Morgan fingerprint density at radius 1 is 1.09 bits per heavy atom. The summed E-state index contributed by atoms with van der Waals surface area (Å²) < 4.78 is 5.70. The van der Waals surface area contributed by atoms with E-state index in [0.717, 1.165) is 0 Å². The Balaban J connectivity index is 4.40. The number of nitrogens with one attached hydrogen (secondary N) is 1. The van der Waals surface area contributed by atoms with Gasteiger partial charge in [-0.05, 0) is 17.9 Å². The lowest BCUT2D eigenvalue weighted by Crippen LogP contribution is -2.48. The molecule has 0 aliphatic heterocycles. The van der Waals surface area contributed by atoms with E-state index < -0.39 is 11.9 Å². The summed E-state index contributed by atoms with van der Waals surface area (Å²) in [5.74, 6) is -0.738. The van der Waals surface area contributed by atoms with Gasteiger partial charge in [-0.25, -0.2) is 0 Å². The number of hydrogen-bond donors (Lipinski definition) is 3. The number of nitrogens with two attached hydrogens (primary N) is 2. The quantitative estimate of drug-likeness (QED) is 0.559. The molecular formula is C16H33N3O3. The van der Waals surface area contributed by atoms with Crippen LogP contribution in [-0.2, 0) is 14.3 Å². The highest BCUT2D eigenvalue weighted by Gasteiger charge is 2.27. The van der Waals surface area contributed by atoms with Crippen LogP contribution in [0.3, 0.4) is 0 Å². The van der Waals surface area contributed by atoms with E-state index >= 15 is 0 Å². The Labute approximate surface area is 134 Å². The fraction of sp³-hybridized carbons (Fsp3) is 0.875. The third kappa shape index (κ3) is 8.34. The van der Waals surface area contributed by atoms with Crippen LogP contribution in [0.2, 0.25) is 0 Å². The van der Waals surface area contributed by atoms with Crippen LogP contribution in [-0.4, -0.2) is 37.6 Å². The first-order valence-electron chi connectivity index (χ1n) is 7.77. The van der Waals surface area contributed by atoms with E-state index in [-0.39, 0.29) is 29.1 Å². The molecule has 0 spiro atoms. The highest BCUT2D eigenvalue weighted by Crippen LogP contribution is 2.22. The zero-order chi connectivity index (χ0) is 17.6. The third-order valence-corrected chi connectivity index (χ3v) is 3.47. The number of amides is 2. The molecule has 5 N–H and O–H groups in total. The molecule has 0 saturated carbocycles. The molecule has 2 amide bonds. The summed E-state index contributed by atoms with van der Waals surface area (Å²) in [6, 6.07) is -0.639. The molecule has 0 heterocycles. The van der Waals surface area contributed by atoms with E-state index in [1.807, 2.05) is 41.5 Å². The number of carbonyl (C=O) groups excluding carboxylic acids is 2. The van der Waals surface area contributed by atoms with Gasteiger partial charge in [0.05, 0.1) is 13.2 Å². The van der Waals surface area contributed by atoms with Crippen molar-refractivity contribution < 1.29 is 14.3 Å². The molecule has 1 unspecified atom stereocenters. The van der Waals surface area contributed by atoms with Crippen molar-refractivity contribution in [2.45, 2.75) is 54.0 Å². The van der Waals surface area contributed by atoms with Crippen molar-refractivity contribution in [1.82, 2.24) is 5.32 Å². The lowest BCUT2D eigenvalue weighted by atomic mass is 9.89. The van der Waals surface area contributed by atoms with Gasteiger partial charge in [0.2, 0.25) is 11.8 Å². The summed E-state index contributed by atoms with van der Waals surface area (Å²) in [6.07, 6.45) is 0.270. The molecule has 0 aromatic heterocycles. The van der Waals surface area contributed by atoms with Gasteiger partial charge in [0, 0.05) is 11.8 Å². The van der Waals surface area contributed by atoms with Crippen LogP contribution in [0.5, 0.6) is 0 Å². The van der Waals surface area contributed by atoms with Crippen LogP contribution in [0.15, 0.2) is 0 Å². The summed E-state index contributed by atoms with van der Waals surface area (Å²) in [7, 11) is 0. The number of hydrogen-bond acceptors (Lipinski definition) is 4. The minimum atomic E-state index is -0.639. The topological polar surface area (TPSA) is 107 Å². The smallest absolute Gasteiger partial charge is 0.240 e. The Morgan fingerprint density at radius 3 is 2.00 bits per heavy atom. The molecule has 0 aromatic carbocycles. The lowest BCUT2D eigenvalue weighted by molar-refractivity contribution is -0.130. The molecule has 22 heavy (non-hydrogen) atoms. The minimum absolute atomic E-state index is 0.0360. The van der Waals surface area contributed by atoms with Gasteiger partial charge in [-0.15, -0.1) is 0 Å². The van der Waals surface area contributed by atoms with Gasteiger partial charge in [0.1, 0.15) is 6.04 Å². The van der Waals surface area contributed by atoms with Crippen LogP contribution >= 0.6 is 0 Å². The Bertz CT molecular complexity index is 379. The molecule has 0 aromatic rings. The first-order valence-corrected chi connectivity index (χ1v) is 7.77. The van der Waals surface area contributed by atoms with E-state index in [1.54, 1.807) is 0 Å². The monoisotopic (exact) mass is 315 g/mol. The molecule has 130 valence electrons. The van der Waals surface area contributed by atoms with E-state index in [2.05, 4.69) is 5.32 Å². The number of ether oxygens (including phenoxy) is 1. The fourth-order valence-corrected chi connectivity index (χ4v) is 1.94. The van der Waals surface area contributed by atoms with Crippen molar-refractivity contribution in [3.63, 3.8) is 0 Å². The third-order valence-electron chi connectivity index (χ3n) is 3.47. The highest BCUT2D eigenvalue weighted by atomic mass is 16.5. The van der Waals surface area contributed by atoms with Crippen LogP contribution in [0, 0.1) is 16.7 Å². The first-order chi connectivity index (χ1) is 9.90. The van der Waals surface area contributed by atoms with Crippen LogP contribution < -0.4 is 16.8 Å². The molecule has 0 radical (unpaired) electrons. The maximum Gasteiger partial charge on any atom is 0.240 e. The molecule has 0 aliphatic rings. The molecule has 0 aliphatic carbocycles. The van der Waals surface area contributed by atoms with Crippen molar-refractivity contribution >= 4 is 11.8 Å². The molecule has 0 bridgehead atoms. The normalized spacial score (nSPS) is 14.0. The second kappa shape index (κ2) is 8.48. The van der Waals surface area contributed by atoms with Gasteiger partial charge in [-0.1, -0.05) is 41.5 Å². The van der Waals surface area contributed by atoms with Gasteiger partial charge in [0.25, 0.3) is 0 Å². The van der Waals surface area contributed by atoms with Crippen molar-refractivity contribution in [3.05, 3.63) is 0 Å². The van der Waals surface area contributed by atoms with E-state index in [1.165, 1.54) is 0 Å². The average Bonchev–Trinajstić information content (AvgIpc) is 2.34. The molecule has 6 heteroatoms. The van der Waals surface area contributed by atoms with Crippen LogP contribution in [0.25, 0.3) is 0 Å². The number of primary amides is 1. The Kier molecular flexibility index (Phi) is 8.04. The van der Waals surface area contributed by atoms with E-state index in [9.17, 15) is 9.59 Å². The molecule has 6 nitrogen and oxygen atoms in total. The maximum atomic E-state index is 12.1. The van der Waals surface area contributed by atoms with Gasteiger partial charge < -0.3 is 21.5 Å². The zero-order valence-electron chi connectivity index (χ0n) is 14.9. The van der Waals surface area contributed by atoms with E-state index in [4.69, 9.17) is 16.2 Å².